The number of carbonyl (C=O) groups is 2. The van der Waals surface area contributed by atoms with Crippen LogP contribution in [0.5, 0.6) is 0 Å². The molecule has 0 fully saturated rings. The average molecular weight is 491 g/mol. The summed E-state index contributed by atoms with van der Waals surface area (Å²) in [6.45, 7) is 1.08. The Morgan fingerprint density at radius 1 is 1.06 bits per heavy atom. The molecule has 33 heavy (non-hydrogen) atoms. The van der Waals surface area contributed by atoms with Crippen molar-refractivity contribution < 1.29 is 27.1 Å². The van der Waals surface area contributed by atoms with Crippen molar-refractivity contribution in [3.05, 3.63) is 88.7 Å². The van der Waals surface area contributed by atoms with Gasteiger partial charge in [0.05, 0.1) is 28.3 Å². The number of para-hydroxylation sites is 1. The number of anilines is 2. The van der Waals surface area contributed by atoms with Crippen LogP contribution in [0.1, 0.15) is 15.9 Å². The van der Waals surface area contributed by atoms with E-state index in [1.54, 1.807) is 19.1 Å². The lowest BCUT2D eigenvalue weighted by molar-refractivity contribution is -0.114. The Balaban J connectivity index is 1.94. The first kappa shape index (κ1) is 24.2. The summed E-state index contributed by atoms with van der Waals surface area (Å²) < 4.78 is 46.5. The molecule has 0 spiro atoms. The molecule has 1 N–H and O–H groups in total. The van der Waals surface area contributed by atoms with Gasteiger partial charge in [0.2, 0.25) is 5.91 Å². The number of esters is 1. The van der Waals surface area contributed by atoms with Crippen LogP contribution in [0, 0.1) is 12.7 Å². The number of amides is 1. The van der Waals surface area contributed by atoms with Gasteiger partial charge >= 0.3 is 5.97 Å². The SMILES string of the molecule is COC(=O)c1cc(NC(=O)CN(c2ccccc2F)S(=O)(=O)c2ccc(C)cc2)ccc1Cl. The van der Waals surface area contributed by atoms with Gasteiger partial charge in [-0.1, -0.05) is 41.4 Å². The molecular formula is C23H20ClFN2O5S. The quantitative estimate of drug-likeness (QED) is 0.495. The minimum absolute atomic E-state index is 0.0233. The second-order valence-electron chi connectivity index (χ2n) is 7.01. The van der Waals surface area contributed by atoms with E-state index >= 15 is 0 Å². The Bertz CT molecular complexity index is 1300. The molecule has 0 unspecified atom stereocenters. The molecule has 3 rings (SSSR count). The summed E-state index contributed by atoms with van der Waals surface area (Å²) in [6.07, 6.45) is 0. The molecule has 0 atom stereocenters. The zero-order chi connectivity index (χ0) is 24.2. The molecule has 0 radical (unpaired) electrons. The highest BCUT2D eigenvalue weighted by Crippen LogP contribution is 2.27. The number of aryl methyl sites for hydroxylation is 1. The largest absolute Gasteiger partial charge is 0.465 e. The minimum atomic E-state index is -4.28. The van der Waals surface area contributed by atoms with Crippen LogP contribution in [-0.2, 0) is 19.6 Å². The van der Waals surface area contributed by atoms with Crippen molar-refractivity contribution in [2.24, 2.45) is 0 Å². The number of hydrogen-bond donors (Lipinski definition) is 1. The van der Waals surface area contributed by atoms with E-state index in [1.165, 1.54) is 55.6 Å². The highest BCUT2D eigenvalue weighted by Gasteiger charge is 2.29. The molecule has 7 nitrogen and oxygen atoms in total. The van der Waals surface area contributed by atoms with Gasteiger partial charge in [0.1, 0.15) is 12.4 Å². The predicted octanol–water partition coefficient (Wildman–Crippen LogP) is 4.41. The monoisotopic (exact) mass is 490 g/mol. The third-order valence-corrected chi connectivity index (χ3v) is 6.78. The number of nitrogens with one attached hydrogen (secondary N) is 1. The summed E-state index contributed by atoms with van der Waals surface area (Å²) in [7, 11) is -3.09. The van der Waals surface area contributed by atoms with Crippen molar-refractivity contribution in [2.45, 2.75) is 11.8 Å². The zero-order valence-corrected chi connectivity index (χ0v) is 19.3. The van der Waals surface area contributed by atoms with Crippen molar-refractivity contribution in [3.63, 3.8) is 0 Å². The van der Waals surface area contributed by atoms with E-state index in [2.05, 4.69) is 10.1 Å². The van der Waals surface area contributed by atoms with Gasteiger partial charge in [-0.2, -0.15) is 0 Å². The third-order valence-electron chi connectivity index (χ3n) is 4.67. The lowest BCUT2D eigenvalue weighted by Crippen LogP contribution is -2.38. The Morgan fingerprint density at radius 2 is 1.73 bits per heavy atom. The van der Waals surface area contributed by atoms with Gasteiger partial charge in [-0.15, -0.1) is 0 Å². The number of carbonyl (C=O) groups excluding carboxylic acids is 2. The second kappa shape index (κ2) is 10.0. The zero-order valence-electron chi connectivity index (χ0n) is 17.7. The Hall–Kier alpha value is -3.43. The normalized spacial score (nSPS) is 11.0. The number of hydrogen-bond acceptors (Lipinski definition) is 5. The molecule has 0 aliphatic rings. The highest BCUT2D eigenvalue weighted by molar-refractivity contribution is 7.92. The summed E-state index contributed by atoms with van der Waals surface area (Å²) in [5, 5.41) is 2.63. The number of methoxy groups -OCH3 is 1. The lowest BCUT2D eigenvalue weighted by atomic mass is 10.2. The molecule has 172 valence electrons. The first-order valence-electron chi connectivity index (χ1n) is 9.65. The molecule has 1 amide bonds. The fraction of sp³-hybridized carbons (Fsp3) is 0.130. The maximum absolute atomic E-state index is 14.5. The molecule has 3 aromatic rings. The van der Waals surface area contributed by atoms with Crippen LogP contribution in [0.2, 0.25) is 5.02 Å². The summed E-state index contributed by atoms with van der Waals surface area (Å²) in [4.78, 5) is 24.5. The Morgan fingerprint density at radius 3 is 2.36 bits per heavy atom. The molecule has 0 aromatic heterocycles. The molecule has 0 bridgehead atoms. The fourth-order valence-corrected chi connectivity index (χ4v) is 4.61. The number of halogens is 2. The van der Waals surface area contributed by atoms with Crippen LogP contribution in [0.3, 0.4) is 0 Å². The molecular weight excluding hydrogens is 471 g/mol. The molecule has 0 aliphatic carbocycles. The summed E-state index contributed by atoms with van der Waals surface area (Å²) in [6, 6.07) is 15.4. The van der Waals surface area contributed by atoms with Gasteiger partial charge in [0.25, 0.3) is 10.0 Å². The topological polar surface area (TPSA) is 92.8 Å². The Labute approximate surface area is 195 Å². The van der Waals surface area contributed by atoms with Gasteiger partial charge in [-0.3, -0.25) is 9.10 Å². The van der Waals surface area contributed by atoms with Crippen molar-refractivity contribution in [1.29, 1.82) is 0 Å². The highest BCUT2D eigenvalue weighted by atomic mass is 35.5. The maximum Gasteiger partial charge on any atom is 0.339 e. The van der Waals surface area contributed by atoms with Crippen LogP contribution < -0.4 is 9.62 Å². The molecule has 0 saturated carbocycles. The smallest absolute Gasteiger partial charge is 0.339 e. The predicted molar refractivity (Wildman–Crippen MR) is 124 cm³/mol. The molecule has 3 aromatic carbocycles. The van der Waals surface area contributed by atoms with E-state index in [0.29, 0.717) is 4.31 Å². The van der Waals surface area contributed by atoms with Crippen molar-refractivity contribution in [2.75, 3.05) is 23.3 Å². The van der Waals surface area contributed by atoms with E-state index in [4.69, 9.17) is 11.6 Å². The number of sulfonamides is 1. The lowest BCUT2D eigenvalue weighted by Gasteiger charge is -2.24. The van der Waals surface area contributed by atoms with Crippen LogP contribution >= 0.6 is 11.6 Å². The van der Waals surface area contributed by atoms with Gasteiger partial charge in [0, 0.05) is 5.69 Å². The van der Waals surface area contributed by atoms with E-state index in [1.807, 2.05) is 0 Å². The second-order valence-corrected chi connectivity index (χ2v) is 9.28. The first-order valence-corrected chi connectivity index (χ1v) is 11.5. The van der Waals surface area contributed by atoms with Crippen molar-refractivity contribution >= 4 is 44.9 Å². The van der Waals surface area contributed by atoms with Crippen molar-refractivity contribution in [3.8, 4) is 0 Å². The van der Waals surface area contributed by atoms with Gasteiger partial charge in [-0.05, 0) is 49.4 Å². The minimum Gasteiger partial charge on any atom is -0.465 e. The van der Waals surface area contributed by atoms with E-state index < -0.39 is 34.3 Å². The fourth-order valence-electron chi connectivity index (χ4n) is 2.99. The van der Waals surface area contributed by atoms with Crippen molar-refractivity contribution in [1.82, 2.24) is 0 Å². The first-order chi connectivity index (χ1) is 15.6. The van der Waals surface area contributed by atoms with Crippen LogP contribution in [0.15, 0.2) is 71.6 Å². The molecule has 0 saturated heterocycles. The molecule has 0 heterocycles. The summed E-state index contributed by atoms with van der Waals surface area (Å²) in [5.41, 5.74) is 0.772. The van der Waals surface area contributed by atoms with Crippen LogP contribution in [-0.4, -0.2) is 33.9 Å². The number of benzene rings is 3. The number of ether oxygens (including phenoxy) is 1. The summed E-state index contributed by atoms with van der Waals surface area (Å²) >= 11 is 5.98. The maximum atomic E-state index is 14.5. The Kier molecular flexibility index (Phi) is 7.35. The standard InChI is InChI=1S/C23H20ClFN2O5S/c1-15-7-10-17(11-8-15)33(30,31)27(21-6-4-3-5-20(21)25)14-22(28)26-16-9-12-19(24)18(13-16)23(29)32-2/h3-13H,14H2,1-2H3,(H,26,28). The van der Waals surface area contributed by atoms with Gasteiger partial charge in [0.15, 0.2) is 0 Å². The molecule has 0 aliphatic heterocycles. The number of nitrogens with zero attached hydrogens (tertiary/aromatic N) is 1. The van der Waals surface area contributed by atoms with Gasteiger partial charge in [-0.25, -0.2) is 17.6 Å². The molecule has 10 heteroatoms. The number of rotatable bonds is 7. The van der Waals surface area contributed by atoms with Gasteiger partial charge < -0.3 is 10.1 Å². The third kappa shape index (κ3) is 5.50. The van der Waals surface area contributed by atoms with E-state index in [-0.39, 0.29) is 26.9 Å². The summed E-state index contributed by atoms with van der Waals surface area (Å²) in [5.74, 6) is -2.27. The van der Waals surface area contributed by atoms with E-state index in [9.17, 15) is 22.4 Å². The van der Waals surface area contributed by atoms with E-state index in [0.717, 1.165) is 11.6 Å². The average Bonchev–Trinajstić information content (AvgIpc) is 2.79. The van der Waals surface area contributed by atoms with Crippen LogP contribution in [0.25, 0.3) is 0 Å². The van der Waals surface area contributed by atoms with Crippen LogP contribution in [0.4, 0.5) is 15.8 Å².